The fraction of sp³-hybridized carbons (Fsp3) is 0.619. The normalized spacial score (nSPS) is 19.2. The minimum Gasteiger partial charge on any atom is -0.494 e. The van der Waals surface area contributed by atoms with Crippen LogP contribution in [0.1, 0.15) is 43.0 Å². The number of hydrogen-bond donors (Lipinski definition) is 2. The summed E-state index contributed by atoms with van der Waals surface area (Å²) in [6.45, 7) is 5.14. The molecule has 3 N–H and O–H groups in total. The molecule has 0 aromatic heterocycles. The molecule has 0 bridgehead atoms. The zero-order chi connectivity index (χ0) is 19.9. The molecule has 1 unspecified atom stereocenters. The molecule has 0 saturated carbocycles. The Morgan fingerprint density at radius 1 is 1.17 bits per heavy atom. The van der Waals surface area contributed by atoms with Crippen molar-refractivity contribution in [1.82, 2.24) is 10.2 Å². The van der Waals surface area contributed by atoms with Crippen molar-refractivity contribution in [2.24, 2.45) is 11.7 Å². The van der Waals surface area contributed by atoms with E-state index in [9.17, 15) is 9.59 Å². The number of nitrogens with one attached hydrogen (secondary N) is 1. The summed E-state index contributed by atoms with van der Waals surface area (Å²) >= 11 is 0. The third-order valence-electron chi connectivity index (χ3n) is 5.62. The molecule has 29 heavy (non-hydrogen) atoms. The number of hydrogen-bond acceptors (Lipinski definition) is 5. The first-order valence-corrected chi connectivity index (χ1v) is 10.2. The van der Waals surface area contributed by atoms with Gasteiger partial charge in [0.1, 0.15) is 5.75 Å². The molecule has 2 heterocycles. The number of ether oxygens (including phenoxy) is 2. The Bertz CT molecular complexity index is 656. The van der Waals surface area contributed by atoms with Gasteiger partial charge in [0, 0.05) is 37.9 Å². The lowest BCUT2D eigenvalue weighted by Crippen LogP contribution is -2.53. The molecule has 162 valence electrons. The van der Waals surface area contributed by atoms with Gasteiger partial charge in [-0.25, -0.2) is 0 Å². The molecule has 0 aliphatic carbocycles. The van der Waals surface area contributed by atoms with Crippen LogP contribution in [0.4, 0.5) is 0 Å². The first-order chi connectivity index (χ1) is 13.6. The molecule has 1 aromatic rings. The average molecular weight is 426 g/mol. The third-order valence-corrected chi connectivity index (χ3v) is 5.62. The van der Waals surface area contributed by atoms with Gasteiger partial charge in [-0.2, -0.15) is 0 Å². The van der Waals surface area contributed by atoms with Crippen LogP contribution < -0.4 is 15.8 Å². The van der Waals surface area contributed by atoms with E-state index in [1.807, 2.05) is 24.0 Å². The second kappa shape index (κ2) is 11.4. The van der Waals surface area contributed by atoms with Gasteiger partial charge in [-0.05, 0) is 62.8 Å². The number of likely N-dealkylation sites (tertiary alicyclic amines) is 1. The maximum Gasteiger partial charge on any atom is 0.253 e. The predicted molar refractivity (Wildman–Crippen MR) is 113 cm³/mol. The van der Waals surface area contributed by atoms with Gasteiger partial charge in [-0.15, -0.1) is 12.4 Å². The van der Waals surface area contributed by atoms with Crippen molar-refractivity contribution in [3.63, 3.8) is 0 Å². The second-order valence-corrected chi connectivity index (χ2v) is 7.51. The van der Waals surface area contributed by atoms with Gasteiger partial charge in [-0.3, -0.25) is 9.59 Å². The Morgan fingerprint density at radius 3 is 2.38 bits per heavy atom. The molecule has 1 aromatic carbocycles. The lowest BCUT2D eigenvalue weighted by atomic mass is 9.91. The van der Waals surface area contributed by atoms with E-state index in [-0.39, 0.29) is 36.2 Å². The zero-order valence-electron chi connectivity index (χ0n) is 17.0. The molecule has 0 spiro atoms. The highest BCUT2D eigenvalue weighted by Gasteiger charge is 2.30. The van der Waals surface area contributed by atoms with Gasteiger partial charge in [0.05, 0.1) is 12.6 Å². The molecular formula is C21H32ClN3O4. The van der Waals surface area contributed by atoms with Crippen LogP contribution in [-0.2, 0) is 9.53 Å². The number of carbonyl (C=O) groups is 2. The maximum atomic E-state index is 12.7. The maximum absolute atomic E-state index is 12.7. The molecule has 0 radical (unpaired) electrons. The number of halogens is 1. The van der Waals surface area contributed by atoms with Crippen LogP contribution in [-0.4, -0.2) is 61.7 Å². The number of amides is 2. The molecule has 1 atom stereocenters. The van der Waals surface area contributed by atoms with Crippen molar-refractivity contribution in [2.45, 2.75) is 44.7 Å². The first-order valence-electron chi connectivity index (χ1n) is 10.2. The topological polar surface area (TPSA) is 93.9 Å². The SMILES string of the molecule is CCOc1ccc(C(=O)N2CCC(NC(=O)C(N)C3CCOCC3)CC2)cc1.Cl. The number of nitrogens with two attached hydrogens (primary N) is 1. The van der Waals surface area contributed by atoms with Gasteiger partial charge in [0.25, 0.3) is 5.91 Å². The van der Waals surface area contributed by atoms with Gasteiger partial charge in [0.2, 0.25) is 5.91 Å². The molecule has 2 aliphatic heterocycles. The molecule has 2 aliphatic rings. The van der Waals surface area contributed by atoms with Crippen LogP contribution in [0, 0.1) is 5.92 Å². The fourth-order valence-corrected chi connectivity index (χ4v) is 3.86. The summed E-state index contributed by atoms with van der Waals surface area (Å²) in [5, 5.41) is 3.08. The van der Waals surface area contributed by atoms with Gasteiger partial charge in [-0.1, -0.05) is 0 Å². The molecule has 7 nitrogen and oxygen atoms in total. The van der Waals surface area contributed by atoms with E-state index in [2.05, 4.69) is 5.32 Å². The van der Waals surface area contributed by atoms with E-state index in [4.69, 9.17) is 15.2 Å². The van der Waals surface area contributed by atoms with E-state index >= 15 is 0 Å². The smallest absolute Gasteiger partial charge is 0.253 e. The van der Waals surface area contributed by atoms with E-state index in [1.54, 1.807) is 12.1 Å². The lowest BCUT2D eigenvalue weighted by Gasteiger charge is -2.34. The molecule has 2 fully saturated rings. The minimum absolute atomic E-state index is 0. The van der Waals surface area contributed by atoms with Crippen LogP contribution >= 0.6 is 12.4 Å². The van der Waals surface area contributed by atoms with Crippen molar-refractivity contribution >= 4 is 24.2 Å². The summed E-state index contributed by atoms with van der Waals surface area (Å²) in [7, 11) is 0. The highest BCUT2D eigenvalue weighted by atomic mass is 35.5. The van der Waals surface area contributed by atoms with Crippen molar-refractivity contribution in [2.75, 3.05) is 32.9 Å². The van der Waals surface area contributed by atoms with E-state index in [1.165, 1.54) is 0 Å². The van der Waals surface area contributed by atoms with Crippen molar-refractivity contribution in [3.8, 4) is 5.75 Å². The Morgan fingerprint density at radius 2 is 1.79 bits per heavy atom. The second-order valence-electron chi connectivity index (χ2n) is 7.51. The van der Waals surface area contributed by atoms with Crippen molar-refractivity contribution in [3.05, 3.63) is 29.8 Å². The predicted octanol–water partition coefficient (Wildman–Crippen LogP) is 1.98. The summed E-state index contributed by atoms with van der Waals surface area (Å²) < 4.78 is 10.8. The van der Waals surface area contributed by atoms with E-state index < -0.39 is 6.04 Å². The monoisotopic (exact) mass is 425 g/mol. The van der Waals surface area contributed by atoms with Crippen molar-refractivity contribution in [1.29, 1.82) is 0 Å². The van der Waals surface area contributed by atoms with Gasteiger partial charge < -0.3 is 25.4 Å². The van der Waals surface area contributed by atoms with Crippen LogP contribution in [0.25, 0.3) is 0 Å². The Kier molecular flexibility index (Phi) is 9.20. The summed E-state index contributed by atoms with van der Waals surface area (Å²) in [6.07, 6.45) is 3.16. The summed E-state index contributed by atoms with van der Waals surface area (Å²) in [4.78, 5) is 27.0. The van der Waals surface area contributed by atoms with Gasteiger partial charge in [0.15, 0.2) is 0 Å². The number of nitrogens with zero attached hydrogens (tertiary/aromatic N) is 1. The zero-order valence-corrected chi connectivity index (χ0v) is 17.8. The Hall–Kier alpha value is -1.83. The number of rotatable bonds is 6. The number of carbonyl (C=O) groups excluding carboxylic acids is 2. The number of benzene rings is 1. The third kappa shape index (κ3) is 6.32. The molecule has 3 rings (SSSR count). The average Bonchev–Trinajstić information content (AvgIpc) is 2.74. The minimum atomic E-state index is -0.479. The van der Waals surface area contributed by atoms with Crippen LogP contribution in [0.5, 0.6) is 5.75 Å². The summed E-state index contributed by atoms with van der Waals surface area (Å²) in [6, 6.07) is 6.83. The molecular weight excluding hydrogens is 394 g/mol. The summed E-state index contributed by atoms with van der Waals surface area (Å²) in [5.41, 5.74) is 6.81. The Balaban J connectivity index is 0.00000300. The highest BCUT2D eigenvalue weighted by molar-refractivity contribution is 5.94. The van der Waals surface area contributed by atoms with Crippen LogP contribution in [0.3, 0.4) is 0 Å². The Labute approximate surface area is 178 Å². The quantitative estimate of drug-likeness (QED) is 0.726. The standard InChI is InChI=1S/C21H31N3O4.ClH/c1-2-28-18-5-3-16(4-6-18)21(26)24-11-7-17(8-12-24)23-20(25)19(22)15-9-13-27-14-10-15;/h3-6,15,17,19H,2,7-14,22H2,1H3,(H,23,25);1H. The molecule has 2 amide bonds. The lowest BCUT2D eigenvalue weighted by molar-refractivity contribution is -0.125. The van der Waals surface area contributed by atoms with Gasteiger partial charge >= 0.3 is 0 Å². The van der Waals surface area contributed by atoms with Crippen molar-refractivity contribution < 1.29 is 19.1 Å². The van der Waals surface area contributed by atoms with Crippen LogP contribution in [0.15, 0.2) is 24.3 Å². The fourth-order valence-electron chi connectivity index (χ4n) is 3.86. The highest BCUT2D eigenvalue weighted by Crippen LogP contribution is 2.20. The van der Waals surface area contributed by atoms with E-state index in [0.717, 1.165) is 31.4 Å². The largest absolute Gasteiger partial charge is 0.494 e. The summed E-state index contributed by atoms with van der Waals surface area (Å²) in [5.74, 6) is 0.895. The van der Waals surface area contributed by atoms with Crippen LogP contribution in [0.2, 0.25) is 0 Å². The first kappa shape index (κ1) is 23.4. The molecule has 8 heteroatoms. The number of piperidine rings is 1. The molecule has 2 saturated heterocycles. The van der Waals surface area contributed by atoms with E-state index in [0.29, 0.717) is 38.5 Å².